The molecule has 2 rings (SSSR count). The van der Waals surface area contributed by atoms with E-state index in [-0.39, 0.29) is 17.8 Å². The van der Waals surface area contributed by atoms with Crippen LogP contribution in [0.2, 0.25) is 0 Å². The second-order valence-corrected chi connectivity index (χ2v) is 6.61. The van der Waals surface area contributed by atoms with Crippen LogP contribution in [0.4, 0.5) is 4.39 Å². The van der Waals surface area contributed by atoms with Gasteiger partial charge in [0, 0.05) is 12.6 Å². The van der Waals surface area contributed by atoms with Gasteiger partial charge < -0.3 is 10.6 Å². The van der Waals surface area contributed by atoms with Crippen molar-refractivity contribution in [2.24, 2.45) is 11.8 Å². The SMILES string of the molecule is CC(NC1CCCC(C)C1C)C(=O)NCc1ccc(F)cc1. The molecule has 2 N–H and O–H groups in total. The number of nitrogens with one attached hydrogen (secondary N) is 2. The third kappa shape index (κ3) is 4.54. The largest absolute Gasteiger partial charge is 0.351 e. The van der Waals surface area contributed by atoms with Crippen LogP contribution >= 0.6 is 0 Å². The van der Waals surface area contributed by atoms with Gasteiger partial charge in [-0.3, -0.25) is 4.79 Å². The molecule has 4 atom stereocenters. The lowest BCUT2D eigenvalue weighted by Gasteiger charge is -2.36. The molecule has 0 spiro atoms. The molecule has 0 heterocycles. The zero-order valence-electron chi connectivity index (χ0n) is 13.7. The van der Waals surface area contributed by atoms with Crippen molar-refractivity contribution in [2.75, 3.05) is 0 Å². The molecular formula is C18H27FN2O. The Labute approximate surface area is 132 Å². The smallest absolute Gasteiger partial charge is 0.237 e. The number of carbonyl (C=O) groups excluding carboxylic acids is 1. The molecule has 0 aromatic heterocycles. The van der Waals surface area contributed by atoms with Crippen LogP contribution in [0.25, 0.3) is 0 Å². The Kier molecular flexibility index (Phi) is 5.95. The van der Waals surface area contributed by atoms with E-state index in [1.807, 2.05) is 6.92 Å². The van der Waals surface area contributed by atoms with Crippen LogP contribution in [-0.2, 0) is 11.3 Å². The molecule has 3 nitrogen and oxygen atoms in total. The Morgan fingerprint density at radius 1 is 1.27 bits per heavy atom. The average molecular weight is 306 g/mol. The summed E-state index contributed by atoms with van der Waals surface area (Å²) in [4.78, 5) is 12.2. The lowest BCUT2D eigenvalue weighted by molar-refractivity contribution is -0.123. The van der Waals surface area contributed by atoms with E-state index in [0.717, 1.165) is 12.0 Å². The first-order chi connectivity index (χ1) is 10.5. The maximum atomic E-state index is 12.8. The highest BCUT2D eigenvalue weighted by atomic mass is 19.1. The molecule has 0 radical (unpaired) electrons. The number of carbonyl (C=O) groups is 1. The van der Waals surface area contributed by atoms with Crippen molar-refractivity contribution >= 4 is 5.91 Å². The number of rotatable bonds is 5. The maximum absolute atomic E-state index is 12.8. The number of hydrogen-bond donors (Lipinski definition) is 2. The van der Waals surface area contributed by atoms with Crippen LogP contribution in [0.1, 0.15) is 45.6 Å². The summed E-state index contributed by atoms with van der Waals surface area (Å²) in [7, 11) is 0. The summed E-state index contributed by atoms with van der Waals surface area (Å²) in [6.45, 7) is 6.90. The molecule has 1 saturated carbocycles. The van der Waals surface area contributed by atoms with Gasteiger partial charge in [-0.05, 0) is 42.9 Å². The normalized spacial score (nSPS) is 26.5. The average Bonchev–Trinajstić information content (AvgIpc) is 2.51. The van der Waals surface area contributed by atoms with E-state index in [4.69, 9.17) is 0 Å². The standard InChI is InChI=1S/C18H27FN2O/c1-12-5-4-6-17(13(12)2)21-14(3)18(22)20-11-15-7-9-16(19)10-8-15/h7-10,12-14,17,21H,4-6,11H2,1-3H3,(H,20,22). The monoisotopic (exact) mass is 306 g/mol. The van der Waals surface area contributed by atoms with Crippen molar-refractivity contribution in [1.29, 1.82) is 0 Å². The molecular weight excluding hydrogens is 279 g/mol. The lowest BCUT2D eigenvalue weighted by Crippen LogP contribution is -2.50. The molecule has 0 bridgehead atoms. The van der Waals surface area contributed by atoms with E-state index in [1.165, 1.54) is 25.0 Å². The molecule has 4 unspecified atom stereocenters. The van der Waals surface area contributed by atoms with E-state index >= 15 is 0 Å². The Hall–Kier alpha value is -1.42. The summed E-state index contributed by atoms with van der Waals surface area (Å²) in [5.41, 5.74) is 0.904. The molecule has 1 aliphatic carbocycles. The Morgan fingerprint density at radius 3 is 2.64 bits per heavy atom. The van der Waals surface area contributed by atoms with Gasteiger partial charge in [0.15, 0.2) is 0 Å². The number of benzene rings is 1. The quantitative estimate of drug-likeness (QED) is 0.877. The summed E-state index contributed by atoms with van der Waals surface area (Å²) in [6.07, 6.45) is 3.65. The Balaban J connectivity index is 1.80. The highest BCUT2D eigenvalue weighted by molar-refractivity contribution is 5.81. The Bertz CT molecular complexity index is 488. The van der Waals surface area contributed by atoms with Gasteiger partial charge in [-0.1, -0.05) is 38.8 Å². The summed E-state index contributed by atoms with van der Waals surface area (Å²) in [5, 5.41) is 6.38. The molecule has 4 heteroatoms. The first-order valence-electron chi connectivity index (χ1n) is 8.25. The van der Waals surface area contributed by atoms with Crippen molar-refractivity contribution in [3.8, 4) is 0 Å². The van der Waals surface area contributed by atoms with Gasteiger partial charge in [-0.2, -0.15) is 0 Å². The van der Waals surface area contributed by atoms with Gasteiger partial charge >= 0.3 is 0 Å². The third-order valence-electron chi connectivity index (χ3n) is 4.94. The Morgan fingerprint density at radius 2 is 1.95 bits per heavy atom. The molecule has 0 aliphatic heterocycles. The van der Waals surface area contributed by atoms with Crippen molar-refractivity contribution in [3.63, 3.8) is 0 Å². The summed E-state index contributed by atoms with van der Waals surface area (Å²) in [5.74, 6) is 1.04. The fraction of sp³-hybridized carbons (Fsp3) is 0.611. The highest BCUT2D eigenvalue weighted by Gasteiger charge is 2.29. The topological polar surface area (TPSA) is 41.1 Å². The summed E-state index contributed by atoms with van der Waals surface area (Å²) < 4.78 is 12.8. The van der Waals surface area contributed by atoms with Gasteiger partial charge in [0.2, 0.25) is 5.91 Å². The van der Waals surface area contributed by atoms with Gasteiger partial charge in [0.05, 0.1) is 6.04 Å². The van der Waals surface area contributed by atoms with E-state index in [0.29, 0.717) is 24.4 Å². The summed E-state index contributed by atoms with van der Waals surface area (Å²) >= 11 is 0. The number of hydrogen-bond acceptors (Lipinski definition) is 2. The number of amides is 1. The van der Waals surface area contributed by atoms with Gasteiger partial charge in [-0.25, -0.2) is 4.39 Å². The van der Waals surface area contributed by atoms with Crippen LogP contribution in [0.3, 0.4) is 0 Å². The minimum atomic E-state index is -0.259. The minimum Gasteiger partial charge on any atom is -0.351 e. The molecule has 1 aromatic carbocycles. The first kappa shape index (κ1) is 16.9. The van der Waals surface area contributed by atoms with Crippen LogP contribution < -0.4 is 10.6 Å². The molecule has 122 valence electrons. The zero-order chi connectivity index (χ0) is 16.1. The van der Waals surface area contributed by atoms with Gasteiger partial charge in [0.25, 0.3) is 0 Å². The second-order valence-electron chi connectivity index (χ2n) is 6.61. The van der Waals surface area contributed by atoms with Crippen molar-refractivity contribution in [1.82, 2.24) is 10.6 Å². The van der Waals surface area contributed by atoms with Crippen LogP contribution in [-0.4, -0.2) is 18.0 Å². The van der Waals surface area contributed by atoms with E-state index < -0.39 is 0 Å². The lowest BCUT2D eigenvalue weighted by atomic mass is 9.78. The maximum Gasteiger partial charge on any atom is 0.237 e. The van der Waals surface area contributed by atoms with E-state index in [2.05, 4.69) is 24.5 Å². The third-order valence-corrected chi connectivity index (χ3v) is 4.94. The predicted molar refractivity (Wildman–Crippen MR) is 86.8 cm³/mol. The van der Waals surface area contributed by atoms with Gasteiger partial charge in [0.1, 0.15) is 5.82 Å². The predicted octanol–water partition coefficient (Wildman–Crippen LogP) is 3.24. The van der Waals surface area contributed by atoms with Crippen molar-refractivity contribution in [2.45, 2.75) is 58.7 Å². The van der Waals surface area contributed by atoms with E-state index in [1.54, 1.807) is 12.1 Å². The highest BCUT2D eigenvalue weighted by Crippen LogP contribution is 2.29. The minimum absolute atomic E-state index is 0.00486. The first-order valence-corrected chi connectivity index (χ1v) is 8.25. The molecule has 1 aromatic rings. The molecule has 1 fully saturated rings. The summed E-state index contributed by atoms with van der Waals surface area (Å²) in [6, 6.07) is 6.41. The van der Waals surface area contributed by atoms with Gasteiger partial charge in [-0.15, -0.1) is 0 Å². The second kappa shape index (κ2) is 7.73. The van der Waals surface area contributed by atoms with E-state index in [9.17, 15) is 9.18 Å². The molecule has 0 saturated heterocycles. The van der Waals surface area contributed by atoms with Crippen LogP contribution in [0.5, 0.6) is 0 Å². The molecule has 1 amide bonds. The molecule has 1 aliphatic rings. The van der Waals surface area contributed by atoms with Crippen LogP contribution in [0, 0.1) is 17.7 Å². The molecule has 22 heavy (non-hydrogen) atoms. The zero-order valence-corrected chi connectivity index (χ0v) is 13.7. The fourth-order valence-electron chi connectivity index (χ4n) is 3.16. The fourth-order valence-corrected chi connectivity index (χ4v) is 3.16. The van der Waals surface area contributed by atoms with Crippen molar-refractivity contribution < 1.29 is 9.18 Å². The number of halogens is 1. The van der Waals surface area contributed by atoms with Crippen molar-refractivity contribution in [3.05, 3.63) is 35.6 Å². The van der Waals surface area contributed by atoms with Crippen LogP contribution in [0.15, 0.2) is 24.3 Å².